The molecule has 1 heterocycles. The van der Waals surface area contributed by atoms with Gasteiger partial charge in [0.2, 0.25) is 0 Å². The molecule has 0 bridgehead atoms. The van der Waals surface area contributed by atoms with E-state index in [9.17, 15) is 13.6 Å². The van der Waals surface area contributed by atoms with Gasteiger partial charge in [-0.25, -0.2) is 8.78 Å². The second-order valence-corrected chi connectivity index (χ2v) is 7.24. The fraction of sp³-hybridized carbons (Fsp3) is 0.300. The largest absolute Gasteiger partial charge is 0.349 e. The Morgan fingerprint density at radius 1 is 1.18 bits per heavy atom. The average molecular weight is 383 g/mol. The van der Waals surface area contributed by atoms with Crippen LogP contribution in [0, 0.1) is 11.6 Å². The molecule has 144 valence electrons. The molecule has 1 N–H and O–H groups in total. The Morgan fingerprint density at radius 3 is 2.64 bits per heavy atom. The molecule has 28 heavy (non-hydrogen) atoms. The molecular weight excluding hydrogens is 364 g/mol. The number of carbonyl (C=O) groups is 1. The lowest BCUT2D eigenvalue weighted by molar-refractivity contribution is 0.0951. The summed E-state index contributed by atoms with van der Waals surface area (Å²) in [6.45, 7) is 3.90. The van der Waals surface area contributed by atoms with E-state index >= 15 is 0 Å². The van der Waals surface area contributed by atoms with E-state index in [1.54, 1.807) is 18.2 Å². The van der Waals surface area contributed by atoms with Crippen LogP contribution in [0.25, 0.3) is 16.8 Å². The van der Waals surface area contributed by atoms with Crippen LogP contribution in [0.4, 0.5) is 8.78 Å². The lowest BCUT2D eigenvalue weighted by Gasteiger charge is -2.13. The summed E-state index contributed by atoms with van der Waals surface area (Å²) in [7, 11) is 0. The van der Waals surface area contributed by atoms with Gasteiger partial charge in [-0.05, 0) is 59.2 Å². The summed E-state index contributed by atoms with van der Waals surface area (Å²) in [4.78, 5) is 12.6. The second-order valence-electron chi connectivity index (χ2n) is 7.24. The third kappa shape index (κ3) is 3.62. The fourth-order valence-corrected chi connectivity index (χ4v) is 2.98. The van der Waals surface area contributed by atoms with Gasteiger partial charge in [0.25, 0.3) is 5.91 Å². The highest BCUT2D eigenvalue weighted by molar-refractivity contribution is 5.96. The Kier molecular flexibility index (Phi) is 4.62. The number of rotatable bonds is 5. The summed E-state index contributed by atoms with van der Waals surface area (Å²) < 4.78 is 29.2. The molecule has 8 heteroatoms. The normalized spacial score (nSPS) is 13.8. The highest BCUT2D eigenvalue weighted by Crippen LogP contribution is 2.29. The molecule has 4 rings (SSSR count). The number of amides is 1. The van der Waals surface area contributed by atoms with Crippen LogP contribution in [0.1, 0.15) is 48.8 Å². The summed E-state index contributed by atoms with van der Waals surface area (Å²) in [5.41, 5.74) is 1.55. The molecule has 0 unspecified atom stereocenters. The molecule has 0 atom stereocenters. The third-order valence-electron chi connectivity index (χ3n) is 4.59. The first kappa shape index (κ1) is 18.2. The fourth-order valence-electron chi connectivity index (χ4n) is 2.98. The van der Waals surface area contributed by atoms with E-state index in [0.29, 0.717) is 22.6 Å². The first-order chi connectivity index (χ1) is 13.4. The Hall–Kier alpha value is -3.16. The van der Waals surface area contributed by atoms with Gasteiger partial charge in [-0.1, -0.05) is 13.8 Å². The van der Waals surface area contributed by atoms with Gasteiger partial charge in [0.1, 0.15) is 11.6 Å². The third-order valence-corrected chi connectivity index (χ3v) is 4.59. The Morgan fingerprint density at radius 2 is 1.96 bits per heavy atom. The molecule has 2 aromatic carbocycles. The maximum absolute atomic E-state index is 14.4. The number of tetrazole rings is 1. The zero-order valence-electron chi connectivity index (χ0n) is 15.5. The summed E-state index contributed by atoms with van der Waals surface area (Å²) in [6, 6.07) is 8.50. The molecule has 0 saturated heterocycles. The van der Waals surface area contributed by atoms with Crippen LogP contribution < -0.4 is 5.32 Å². The average Bonchev–Trinajstić information content (AvgIpc) is 3.32. The molecule has 1 aliphatic carbocycles. The van der Waals surface area contributed by atoms with Crippen LogP contribution in [0.5, 0.6) is 0 Å². The summed E-state index contributed by atoms with van der Waals surface area (Å²) >= 11 is 0. The number of aromatic nitrogens is 4. The van der Waals surface area contributed by atoms with E-state index in [0.717, 1.165) is 18.9 Å². The predicted molar refractivity (Wildman–Crippen MR) is 99.1 cm³/mol. The number of carbonyl (C=O) groups excluding carboxylic acids is 1. The van der Waals surface area contributed by atoms with Crippen LogP contribution in [0.3, 0.4) is 0 Å². The number of nitrogens with one attached hydrogen (secondary N) is 1. The maximum atomic E-state index is 14.4. The van der Waals surface area contributed by atoms with Crippen molar-refractivity contribution in [2.75, 3.05) is 0 Å². The quantitative estimate of drug-likeness (QED) is 0.730. The number of hydrogen-bond donors (Lipinski definition) is 1. The van der Waals surface area contributed by atoms with Crippen molar-refractivity contribution in [3.63, 3.8) is 0 Å². The van der Waals surface area contributed by atoms with E-state index in [1.165, 1.54) is 16.8 Å². The Bertz CT molecular complexity index is 1040. The first-order valence-electron chi connectivity index (χ1n) is 9.12. The smallest absolute Gasteiger partial charge is 0.251 e. The molecule has 3 aromatic rings. The highest BCUT2D eigenvalue weighted by Gasteiger charge is 2.25. The minimum atomic E-state index is -0.702. The van der Waals surface area contributed by atoms with E-state index in [2.05, 4.69) is 20.8 Å². The van der Waals surface area contributed by atoms with Gasteiger partial charge in [-0.2, -0.15) is 4.68 Å². The van der Waals surface area contributed by atoms with Crippen LogP contribution in [0.15, 0.2) is 36.4 Å². The SMILES string of the molecule is CC(C)c1nnnn1-c1cc(C(=O)NC2CC2)cc(-c2ccc(F)cc2F)c1. The topological polar surface area (TPSA) is 72.7 Å². The molecule has 1 aliphatic rings. The minimum absolute atomic E-state index is 0.0463. The first-order valence-corrected chi connectivity index (χ1v) is 9.12. The molecule has 0 aliphatic heterocycles. The second kappa shape index (κ2) is 7.10. The van der Waals surface area contributed by atoms with Crippen molar-refractivity contribution in [3.05, 3.63) is 59.4 Å². The van der Waals surface area contributed by atoms with Crippen molar-refractivity contribution >= 4 is 5.91 Å². The molecule has 1 saturated carbocycles. The lowest BCUT2D eigenvalue weighted by Crippen LogP contribution is -2.25. The number of hydrogen-bond acceptors (Lipinski definition) is 4. The van der Waals surface area contributed by atoms with E-state index < -0.39 is 11.6 Å². The molecule has 1 fully saturated rings. The van der Waals surface area contributed by atoms with Crippen molar-refractivity contribution in [1.82, 2.24) is 25.5 Å². The Balaban J connectivity index is 1.85. The van der Waals surface area contributed by atoms with Crippen molar-refractivity contribution in [3.8, 4) is 16.8 Å². The van der Waals surface area contributed by atoms with E-state index in [1.807, 2.05) is 13.8 Å². The standard InChI is InChI=1S/C20H19F2N5O/c1-11(2)19-24-25-26-27(19)16-8-12(17-6-3-14(21)10-18(17)22)7-13(9-16)20(28)23-15-4-5-15/h3,6-11,15H,4-5H2,1-2H3,(H,23,28). The summed E-state index contributed by atoms with van der Waals surface area (Å²) in [5.74, 6) is -0.944. The molecule has 6 nitrogen and oxygen atoms in total. The number of halogens is 2. The van der Waals surface area contributed by atoms with Gasteiger partial charge in [0.15, 0.2) is 5.82 Å². The van der Waals surface area contributed by atoms with Crippen molar-refractivity contribution < 1.29 is 13.6 Å². The Labute approximate surface area is 160 Å². The van der Waals surface area contributed by atoms with Crippen LogP contribution >= 0.6 is 0 Å². The molecule has 0 radical (unpaired) electrons. The van der Waals surface area contributed by atoms with Crippen LogP contribution in [0.2, 0.25) is 0 Å². The van der Waals surface area contributed by atoms with Crippen LogP contribution in [-0.2, 0) is 0 Å². The summed E-state index contributed by atoms with van der Waals surface area (Å²) in [5, 5.41) is 14.7. The van der Waals surface area contributed by atoms with Gasteiger partial charge in [0.05, 0.1) is 5.69 Å². The molecular formula is C20H19F2N5O. The van der Waals surface area contributed by atoms with Crippen molar-refractivity contribution in [2.24, 2.45) is 0 Å². The minimum Gasteiger partial charge on any atom is -0.349 e. The number of nitrogens with zero attached hydrogens (tertiary/aromatic N) is 4. The molecule has 1 amide bonds. The predicted octanol–water partition coefficient (Wildman–Crippen LogP) is 3.62. The van der Waals surface area contributed by atoms with Gasteiger partial charge in [-0.3, -0.25) is 4.79 Å². The zero-order chi connectivity index (χ0) is 19.8. The van der Waals surface area contributed by atoms with E-state index in [4.69, 9.17) is 0 Å². The van der Waals surface area contributed by atoms with Gasteiger partial charge >= 0.3 is 0 Å². The maximum Gasteiger partial charge on any atom is 0.251 e. The van der Waals surface area contributed by atoms with Crippen molar-refractivity contribution in [2.45, 2.75) is 38.6 Å². The number of benzene rings is 2. The van der Waals surface area contributed by atoms with E-state index in [-0.39, 0.29) is 23.4 Å². The molecule has 1 aromatic heterocycles. The van der Waals surface area contributed by atoms with Gasteiger partial charge in [0, 0.05) is 29.2 Å². The monoisotopic (exact) mass is 383 g/mol. The zero-order valence-corrected chi connectivity index (χ0v) is 15.5. The molecule has 0 spiro atoms. The van der Waals surface area contributed by atoms with Crippen LogP contribution in [-0.4, -0.2) is 32.2 Å². The van der Waals surface area contributed by atoms with Crippen molar-refractivity contribution in [1.29, 1.82) is 0 Å². The van der Waals surface area contributed by atoms with Gasteiger partial charge < -0.3 is 5.32 Å². The summed E-state index contributed by atoms with van der Waals surface area (Å²) in [6.07, 6.45) is 1.91. The van der Waals surface area contributed by atoms with Gasteiger partial charge in [-0.15, -0.1) is 5.10 Å². The highest BCUT2D eigenvalue weighted by atomic mass is 19.1. The lowest BCUT2D eigenvalue weighted by atomic mass is 10.0.